The number of nitrogens with one attached hydrogen (secondary N) is 1. The van der Waals surface area contributed by atoms with Crippen molar-refractivity contribution in [2.75, 3.05) is 0 Å². The Hall–Kier alpha value is -1.36. The van der Waals surface area contributed by atoms with Crippen molar-refractivity contribution >= 4 is 11.3 Å². The molecule has 4 heteroatoms. The second kappa shape index (κ2) is 6.70. The number of ether oxygens (including phenoxy) is 1. The fourth-order valence-corrected chi connectivity index (χ4v) is 2.71. The summed E-state index contributed by atoms with van der Waals surface area (Å²) < 4.78 is 5.64. The van der Waals surface area contributed by atoms with Gasteiger partial charge in [0.2, 0.25) is 0 Å². The molecule has 2 rings (SSSR count). The van der Waals surface area contributed by atoms with E-state index in [-0.39, 0.29) is 12.1 Å². The van der Waals surface area contributed by atoms with E-state index < -0.39 is 0 Å². The molecule has 3 N–H and O–H groups in total. The zero-order chi connectivity index (χ0) is 13.7. The van der Waals surface area contributed by atoms with Crippen LogP contribution in [0.4, 0.5) is 0 Å². The maximum atomic E-state index is 5.66. The van der Waals surface area contributed by atoms with Gasteiger partial charge in [-0.3, -0.25) is 11.3 Å². The first-order chi connectivity index (χ1) is 9.19. The van der Waals surface area contributed by atoms with Gasteiger partial charge in [0.25, 0.3) is 0 Å². The van der Waals surface area contributed by atoms with Crippen molar-refractivity contribution in [2.45, 2.75) is 32.4 Å². The molecule has 102 valence electrons. The van der Waals surface area contributed by atoms with E-state index in [1.54, 1.807) is 11.3 Å². The minimum atomic E-state index is 0.131. The highest BCUT2D eigenvalue weighted by molar-refractivity contribution is 7.09. The van der Waals surface area contributed by atoms with Crippen LogP contribution < -0.4 is 16.0 Å². The van der Waals surface area contributed by atoms with Crippen LogP contribution in [0.15, 0.2) is 41.8 Å². The normalized spacial score (nSPS) is 12.6. The number of thiophene rings is 1. The number of hydrogen-bond donors (Lipinski definition) is 2. The summed E-state index contributed by atoms with van der Waals surface area (Å²) in [5, 5.41) is 2.09. The van der Waals surface area contributed by atoms with Crippen molar-refractivity contribution in [1.82, 2.24) is 5.43 Å². The molecule has 0 fully saturated rings. The van der Waals surface area contributed by atoms with E-state index in [0.717, 1.165) is 12.2 Å². The predicted octanol–water partition coefficient (Wildman–Crippen LogP) is 3.28. The molecule has 0 spiro atoms. The van der Waals surface area contributed by atoms with E-state index in [9.17, 15) is 0 Å². The molecule has 1 heterocycles. The summed E-state index contributed by atoms with van der Waals surface area (Å²) in [5.74, 6) is 6.56. The maximum Gasteiger partial charge on any atom is 0.119 e. The van der Waals surface area contributed by atoms with Gasteiger partial charge in [0.1, 0.15) is 5.75 Å². The molecule has 2 aromatic rings. The van der Waals surface area contributed by atoms with E-state index in [4.69, 9.17) is 10.6 Å². The van der Waals surface area contributed by atoms with Crippen LogP contribution in [0.5, 0.6) is 5.75 Å². The Morgan fingerprint density at radius 2 is 1.95 bits per heavy atom. The molecule has 1 aromatic heterocycles. The molecule has 0 aliphatic rings. The van der Waals surface area contributed by atoms with E-state index in [0.29, 0.717) is 0 Å². The number of nitrogens with two attached hydrogens (primary N) is 1. The number of benzene rings is 1. The van der Waals surface area contributed by atoms with Gasteiger partial charge < -0.3 is 4.74 Å². The molecule has 3 nitrogen and oxygen atoms in total. The SMILES string of the molecule is CC(C)Oc1ccc(C(Cc2cccs2)NN)cc1. The quantitative estimate of drug-likeness (QED) is 0.629. The standard InChI is InChI=1S/C15H20N2OS/c1-11(2)18-13-7-5-12(6-8-13)15(17-16)10-14-4-3-9-19-14/h3-9,11,15,17H,10,16H2,1-2H3. The molecule has 0 amide bonds. The first kappa shape index (κ1) is 14.1. The average molecular weight is 276 g/mol. The molecule has 0 saturated heterocycles. The van der Waals surface area contributed by atoms with Crippen LogP contribution in [-0.2, 0) is 6.42 Å². The van der Waals surface area contributed by atoms with Gasteiger partial charge in [-0.15, -0.1) is 11.3 Å². The second-order valence-electron chi connectivity index (χ2n) is 4.74. The molecular weight excluding hydrogens is 256 g/mol. The molecule has 19 heavy (non-hydrogen) atoms. The topological polar surface area (TPSA) is 47.3 Å². The summed E-state index contributed by atoms with van der Waals surface area (Å²) in [6.07, 6.45) is 1.10. The Balaban J connectivity index is 2.06. The van der Waals surface area contributed by atoms with Crippen LogP contribution in [0.2, 0.25) is 0 Å². The molecular formula is C15H20N2OS. The van der Waals surface area contributed by atoms with Gasteiger partial charge in [0.15, 0.2) is 0 Å². The molecule has 1 atom stereocenters. The van der Waals surface area contributed by atoms with E-state index in [1.807, 2.05) is 26.0 Å². The van der Waals surface area contributed by atoms with Crippen molar-refractivity contribution in [1.29, 1.82) is 0 Å². The van der Waals surface area contributed by atoms with Crippen molar-refractivity contribution in [3.63, 3.8) is 0 Å². The smallest absolute Gasteiger partial charge is 0.119 e. The number of rotatable bonds is 6. The van der Waals surface area contributed by atoms with Gasteiger partial charge in [0.05, 0.1) is 12.1 Å². The van der Waals surface area contributed by atoms with E-state index in [1.165, 1.54) is 10.4 Å². The predicted molar refractivity (Wildman–Crippen MR) is 80.3 cm³/mol. The molecule has 0 saturated carbocycles. The third kappa shape index (κ3) is 4.06. The first-order valence-corrected chi connectivity index (χ1v) is 7.32. The van der Waals surface area contributed by atoms with Gasteiger partial charge >= 0.3 is 0 Å². The van der Waals surface area contributed by atoms with Gasteiger partial charge in [-0.05, 0) is 43.0 Å². The van der Waals surface area contributed by atoms with Gasteiger partial charge in [-0.25, -0.2) is 0 Å². The first-order valence-electron chi connectivity index (χ1n) is 6.44. The van der Waals surface area contributed by atoms with Crippen LogP contribution in [-0.4, -0.2) is 6.10 Å². The third-order valence-electron chi connectivity index (χ3n) is 2.84. The van der Waals surface area contributed by atoms with Crippen molar-refractivity contribution in [3.05, 3.63) is 52.2 Å². The van der Waals surface area contributed by atoms with Gasteiger partial charge in [-0.2, -0.15) is 0 Å². The lowest BCUT2D eigenvalue weighted by atomic mass is 10.0. The average Bonchev–Trinajstić information content (AvgIpc) is 2.89. The zero-order valence-corrected chi connectivity index (χ0v) is 12.1. The maximum absolute atomic E-state index is 5.66. The monoisotopic (exact) mass is 276 g/mol. The fourth-order valence-electron chi connectivity index (χ4n) is 1.95. The molecule has 0 aliphatic carbocycles. The Morgan fingerprint density at radius 1 is 1.21 bits per heavy atom. The van der Waals surface area contributed by atoms with Gasteiger partial charge in [-0.1, -0.05) is 18.2 Å². The Kier molecular flexibility index (Phi) is 4.96. The highest BCUT2D eigenvalue weighted by Crippen LogP contribution is 2.23. The van der Waals surface area contributed by atoms with Crippen LogP contribution in [0.1, 0.15) is 30.3 Å². The molecule has 0 radical (unpaired) electrons. The number of hydrazine groups is 1. The Labute approximate surface area is 118 Å². The summed E-state index contributed by atoms with van der Waals surface area (Å²) in [6, 6.07) is 12.4. The van der Waals surface area contributed by atoms with Crippen LogP contribution >= 0.6 is 11.3 Å². The van der Waals surface area contributed by atoms with E-state index in [2.05, 4.69) is 35.1 Å². The fraction of sp³-hybridized carbons (Fsp3) is 0.333. The Morgan fingerprint density at radius 3 is 2.47 bits per heavy atom. The largest absolute Gasteiger partial charge is 0.491 e. The lowest BCUT2D eigenvalue weighted by Crippen LogP contribution is -2.29. The van der Waals surface area contributed by atoms with Crippen molar-refractivity contribution in [3.8, 4) is 5.75 Å². The molecule has 1 aromatic carbocycles. The van der Waals surface area contributed by atoms with Crippen molar-refractivity contribution in [2.24, 2.45) is 5.84 Å². The summed E-state index contributed by atoms with van der Waals surface area (Å²) in [5.41, 5.74) is 4.06. The van der Waals surface area contributed by atoms with Crippen LogP contribution in [0.3, 0.4) is 0 Å². The molecule has 0 bridgehead atoms. The van der Waals surface area contributed by atoms with Crippen LogP contribution in [0.25, 0.3) is 0 Å². The van der Waals surface area contributed by atoms with Crippen LogP contribution in [0, 0.1) is 0 Å². The summed E-state index contributed by atoms with van der Waals surface area (Å²) in [4.78, 5) is 1.32. The highest BCUT2D eigenvalue weighted by Gasteiger charge is 2.11. The van der Waals surface area contributed by atoms with E-state index >= 15 is 0 Å². The summed E-state index contributed by atoms with van der Waals surface area (Å²) in [7, 11) is 0. The highest BCUT2D eigenvalue weighted by atomic mass is 32.1. The second-order valence-corrected chi connectivity index (χ2v) is 5.77. The molecule has 1 unspecified atom stereocenters. The lowest BCUT2D eigenvalue weighted by molar-refractivity contribution is 0.242. The zero-order valence-electron chi connectivity index (χ0n) is 11.3. The van der Waals surface area contributed by atoms with Gasteiger partial charge in [0, 0.05) is 11.3 Å². The number of hydrogen-bond acceptors (Lipinski definition) is 4. The summed E-state index contributed by atoms with van der Waals surface area (Å²) >= 11 is 1.75. The summed E-state index contributed by atoms with van der Waals surface area (Å²) in [6.45, 7) is 4.05. The minimum absolute atomic E-state index is 0.131. The molecule has 0 aliphatic heterocycles. The Bertz CT molecular complexity index is 479. The van der Waals surface area contributed by atoms with Crippen molar-refractivity contribution < 1.29 is 4.74 Å². The minimum Gasteiger partial charge on any atom is -0.491 e. The third-order valence-corrected chi connectivity index (χ3v) is 3.74. The lowest BCUT2D eigenvalue weighted by Gasteiger charge is -2.16.